The molecule has 3 nitrogen and oxygen atoms in total. The summed E-state index contributed by atoms with van der Waals surface area (Å²) in [5.41, 5.74) is 1.36. The van der Waals surface area contributed by atoms with Crippen molar-refractivity contribution in [1.82, 2.24) is 15.1 Å². The predicted molar refractivity (Wildman–Crippen MR) is 61.8 cm³/mol. The van der Waals surface area contributed by atoms with Gasteiger partial charge in [0.15, 0.2) is 0 Å². The molecule has 0 spiro atoms. The van der Waals surface area contributed by atoms with Crippen LogP contribution in [-0.4, -0.2) is 22.4 Å². The number of piperidine rings is 1. The molecule has 1 saturated heterocycles. The molecule has 0 amide bonds. The van der Waals surface area contributed by atoms with Gasteiger partial charge < -0.3 is 5.32 Å². The minimum atomic E-state index is 0.647. The molecule has 0 saturated carbocycles. The topological polar surface area (TPSA) is 29.9 Å². The molecule has 1 aromatic rings. The van der Waals surface area contributed by atoms with E-state index in [4.69, 9.17) is 0 Å². The van der Waals surface area contributed by atoms with Gasteiger partial charge in [0.1, 0.15) is 0 Å². The lowest BCUT2D eigenvalue weighted by atomic mass is 9.89. The van der Waals surface area contributed by atoms with Crippen LogP contribution in [0, 0.1) is 5.92 Å². The summed E-state index contributed by atoms with van der Waals surface area (Å²) in [4.78, 5) is 0. The van der Waals surface area contributed by atoms with Crippen LogP contribution >= 0.6 is 0 Å². The Labute approximate surface area is 91.9 Å². The van der Waals surface area contributed by atoms with Crippen molar-refractivity contribution in [3.63, 3.8) is 0 Å². The lowest BCUT2D eigenvalue weighted by Gasteiger charge is -2.29. The zero-order valence-corrected chi connectivity index (χ0v) is 9.74. The van der Waals surface area contributed by atoms with E-state index in [1.54, 1.807) is 0 Å². The van der Waals surface area contributed by atoms with Gasteiger partial charge in [0, 0.05) is 18.8 Å². The summed E-state index contributed by atoms with van der Waals surface area (Å²) < 4.78 is 2.00. The first kappa shape index (κ1) is 10.7. The van der Waals surface area contributed by atoms with Gasteiger partial charge in [0.2, 0.25) is 0 Å². The van der Waals surface area contributed by atoms with E-state index in [0.717, 1.165) is 18.9 Å². The molecule has 2 rings (SSSR count). The van der Waals surface area contributed by atoms with Gasteiger partial charge >= 0.3 is 0 Å². The third-order valence-electron chi connectivity index (χ3n) is 3.40. The second-order valence-electron chi connectivity index (χ2n) is 4.59. The SMILES string of the molecule is CCn1cc(CC2NCCCC2C)cn1. The van der Waals surface area contributed by atoms with E-state index in [-0.39, 0.29) is 0 Å². The van der Waals surface area contributed by atoms with Gasteiger partial charge in [-0.2, -0.15) is 5.10 Å². The highest BCUT2D eigenvalue weighted by Crippen LogP contribution is 2.18. The zero-order chi connectivity index (χ0) is 10.7. The quantitative estimate of drug-likeness (QED) is 0.819. The Morgan fingerprint density at radius 1 is 1.60 bits per heavy atom. The summed E-state index contributed by atoms with van der Waals surface area (Å²) >= 11 is 0. The van der Waals surface area contributed by atoms with Crippen molar-refractivity contribution in [2.24, 2.45) is 5.92 Å². The predicted octanol–water partition coefficient (Wildman–Crippen LogP) is 1.83. The Hall–Kier alpha value is -0.830. The van der Waals surface area contributed by atoms with E-state index in [1.807, 2.05) is 10.9 Å². The molecule has 2 heterocycles. The van der Waals surface area contributed by atoms with Crippen LogP contribution in [0.5, 0.6) is 0 Å². The minimum Gasteiger partial charge on any atom is -0.313 e. The smallest absolute Gasteiger partial charge is 0.0522 e. The van der Waals surface area contributed by atoms with E-state index >= 15 is 0 Å². The Bertz CT molecular complexity index is 306. The molecule has 0 aromatic carbocycles. The summed E-state index contributed by atoms with van der Waals surface area (Å²) in [6.45, 7) is 6.61. The first-order chi connectivity index (χ1) is 7.29. The van der Waals surface area contributed by atoms with E-state index in [9.17, 15) is 0 Å². The van der Waals surface area contributed by atoms with Crippen LogP contribution < -0.4 is 5.32 Å². The molecule has 2 unspecified atom stereocenters. The average molecular weight is 207 g/mol. The lowest BCUT2D eigenvalue weighted by molar-refractivity contribution is 0.298. The average Bonchev–Trinajstić information content (AvgIpc) is 2.69. The van der Waals surface area contributed by atoms with Crippen molar-refractivity contribution in [2.75, 3.05) is 6.54 Å². The standard InChI is InChI=1S/C12H21N3/c1-3-15-9-11(8-14-15)7-12-10(2)5-4-6-13-12/h8-10,12-13H,3-7H2,1-2H3. The minimum absolute atomic E-state index is 0.647. The summed E-state index contributed by atoms with van der Waals surface area (Å²) in [5.74, 6) is 0.795. The van der Waals surface area contributed by atoms with Crippen LogP contribution in [0.25, 0.3) is 0 Å². The van der Waals surface area contributed by atoms with E-state index in [2.05, 4.69) is 30.5 Å². The summed E-state index contributed by atoms with van der Waals surface area (Å²) in [6.07, 6.45) is 7.99. The van der Waals surface area contributed by atoms with E-state index in [1.165, 1.54) is 24.9 Å². The maximum Gasteiger partial charge on any atom is 0.0522 e. The van der Waals surface area contributed by atoms with Crippen LogP contribution in [0.15, 0.2) is 12.4 Å². The number of aryl methyl sites for hydroxylation is 1. The first-order valence-electron chi connectivity index (χ1n) is 6.04. The molecule has 3 heteroatoms. The number of rotatable bonds is 3. The monoisotopic (exact) mass is 207 g/mol. The van der Waals surface area contributed by atoms with Gasteiger partial charge in [-0.1, -0.05) is 6.92 Å². The highest BCUT2D eigenvalue weighted by molar-refractivity contribution is 5.07. The molecular formula is C12H21N3. The number of nitrogens with one attached hydrogen (secondary N) is 1. The van der Waals surface area contributed by atoms with Crippen LogP contribution in [0.1, 0.15) is 32.3 Å². The molecule has 1 aliphatic heterocycles. The molecule has 1 aliphatic rings. The Morgan fingerprint density at radius 3 is 3.13 bits per heavy atom. The summed E-state index contributed by atoms with van der Waals surface area (Å²) in [5, 5.41) is 7.92. The molecule has 1 fully saturated rings. The Balaban J connectivity index is 1.95. The van der Waals surface area contributed by atoms with Crippen molar-refractivity contribution in [3.8, 4) is 0 Å². The maximum absolute atomic E-state index is 4.31. The van der Waals surface area contributed by atoms with E-state index < -0.39 is 0 Å². The van der Waals surface area contributed by atoms with Crippen LogP contribution in [0.4, 0.5) is 0 Å². The van der Waals surface area contributed by atoms with Gasteiger partial charge in [0.25, 0.3) is 0 Å². The third kappa shape index (κ3) is 2.59. The van der Waals surface area contributed by atoms with Crippen molar-refractivity contribution in [3.05, 3.63) is 18.0 Å². The molecule has 1 aromatic heterocycles. The second-order valence-corrected chi connectivity index (χ2v) is 4.59. The van der Waals surface area contributed by atoms with Crippen LogP contribution in [0.3, 0.4) is 0 Å². The van der Waals surface area contributed by atoms with E-state index in [0.29, 0.717) is 6.04 Å². The van der Waals surface area contributed by atoms with Crippen LogP contribution in [0.2, 0.25) is 0 Å². The van der Waals surface area contributed by atoms with Crippen molar-refractivity contribution in [2.45, 2.75) is 45.7 Å². The highest BCUT2D eigenvalue weighted by Gasteiger charge is 2.21. The number of hydrogen-bond donors (Lipinski definition) is 1. The summed E-state index contributed by atoms with van der Waals surface area (Å²) in [6, 6.07) is 0.647. The molecular weight excluding hydrogens is 186 g/mol. The molecule has 15 heavy (non-hydrogen) atoms. The number of aromatic nitrogens is 2. The fraction of sp³-hybridized carbons (Fsp3) is 0.750. The fourth-order valence-electron chi connectivity index (χ4n) is 2.33. The lowest BCUT2D eigenvalue weighted by Crippen LogP contribution is -2.41. The van der Waals surface area contributed by atoms with Crippen molar-refractivity contribution in [1.29, 1.82) is 0 Å². The molecule has 0 bridgehead atoms. The highest BCUT2D eigenvalue weighted by atomic mass is 15.3. The summed E-state index contributed by atoms with van der Waals surface area (Å²) in [7, 11) is 0. The van der Waals surface area contributed by atoms with Gasteiger partial charge in [0.05, 0.1) is 6.20 Å². The third-order valence-corrected chi connectivity index (χ3v) is 3.40. The van der Waals surface area contributed by atoms with Gasteiger partial charge in [-0.05, 0) is 44.2 Å². The van der Waals surface area contributed by atoms with Gasteiger partial charge in [-0.15, -0.1) is 0 Å². The van der Waals surface area contributed by atoms with Gasteiger partial charge in [-0.25, -0.2) is 0 Å². The second kappa shape index (κ2) is 4.79. The molecule has 2 atom stereocenters. The van der Waals surface area contributed by atoms with Crippen LogP contribution in [-0.2, 0) is 13.0 Å². The number of hydrogen-bond acceptors (Lipinski definition) is 2. The fourth-order valence-corrected chi connectivity index (χ4v) is 2.33. The maximum atomic E-state index is 4.31. The van der Waals surface area contributed by atoms with Gasteiger partial charge in [-0.3, -0.25) is 4.68 Å². The molecule has 84 valence electrons. The molecule has 0 aliphatic carbocycles. The molecule has 1 N–H and O–H groups in total. The first-order valence-corrected chi connectivity index (χ1v) is 6.04. The zero-order valence-electron chi connectivity index (χ0n) is 9.74. The Kier molecular flexibility index (Phi) is 3.41. The van der Waals surface area contributed by atoms with Crippen molar-refractivity contribution >= 4 is 0 Å². The van der Waals surface area contributed by atoms with Crippen molar-refractivity contribution < 1.29 is 0 Å². The largest absolute Gasteiger partial charge is 0.313 e. The normalized spacial score (nSPS) is 26.8. The Morgan fingerprint density at radius 2 is 2.47 bits per heavy atom. The molecule has 0 radical (unpaired) electrons. The number of nitrogens with zero attached hydrogens (tertiary/aromatic N) is 2.